The molecule has 0 spiro atoms. The predicted octanol–water partition coefficient (Wildman–Crippen LogP) is 2.42. The summed E-state index contributed by atoms with van der Waals surface area (Å²) in [7, 11) is 0. The molecule has 2 aliphatic carbocycles. The lowest BCUT2D eigenvalue weighted by atomic mass is 9.76. The van der Waals surface area contributed by atoms with Crippen LogP contribution in [0, 0.1) is 23.7 Å². The second kappa shape index (κ2) is 2.72. The molecule has 0 aromatic heterocycles. The molecule has 0 N–H and O–H groups in total. The van der Waals surface area contributed by atoms with E-state index in [0.29, 0.717) is 29.5 Å². The van der Waals surface area contributed by atoms with Crippen molar-refractivity contribution in [2.45, 2.75) is 26.7 Å². The van der Waals surface area contributed by atoms with Crippen LogP contribution in [-0.2, 0) is 4.79 Å². The van der Waals surface area contributed by atoms with E-state index in [1.165, 1.54) is 12.8 Å². The van der Waals surface area contributed by atoms with E-state index in [1.807, 2.05) is 0 Å². The minimum Gasteiger partial charge on any atom is -0.295 e. The normalized spacial score (nSPS) is 46.3. The van der Waals surface area contributed by atoms with Gasteiger partial charge in [-0.15, -0.1) is 0 Å². The summed E-state index contributed by atoms with van der Waals surface area (Å²) in [6.07, 6.45) is 6.38. The van der Waals surface area contributed by atoms with Crippen LogP contribution >= 0.6 is 0 Å². The highest BCUT2D eigenvalue weighted by atomic mass is 16.1. The fourth-order valence-corrected chi connectivity index (χ4v) is 2.82. The van der Waals surface area contributed by atoms with Gasteiger partial charge in [-0.05, 0) is 36.7 Å². The Morgan fingerprint density at radius 2 is 2.08 bits per heavy atom. The van der Waals surface area contributed by atoms with E-state index in [1.54, 1.807) is 6.08 Å². The van der Waals surface area contributed by atoms with Gasteiger partial charge in [-0.3, -0.25) is 4.79 Å². The lowest BCUT2D eigenvalue weighted by Crippen LogP contribution is -2.29. The van der Waals surface area contributed by atoms with Crippen LogP contribution in [0.1, 0.15) is 26.7 Å². The molecule has 0 unspecified atom stereocenters. The van der Waals surface area contributed by atoms with Crippen LogP contribution in [0.5, 0.6) is 0 Å². The fourth-order valence-electron chi connectivity index (χ4n) is 2.82. The zero-order valence-electron chi connectivity index (χ0n) is 7.79. The summed E-state index contributed by atoms with van der Waals surface area (Å²) in [5.41, 5.74) is 0. The van der Waals surface area contributed by atoms with Gasteiger partial charge in [-0.2, -0.15) is 0 Å². The van der Waals surface area contributed by atoms with Gasteiger partial charge in [0.2, 0.25) is 0 Å². The number of allylic oxidation sites excluding steroid dienone is 2. The minimum absolute atomic E-state index is 0.352. The molecule has 66 valence electrons. The van der Waals surface area contributed by atoms with E-state index in [9.17, 15) is 4.79 Å². The molecule has 12 heavy (non-hydrogen) atoms. The molecule has 0 heterocycles. The predicted molar refractivity (Wildman–Crippen MR) is 48.7 cm³/mol. The summed E-state index contributed by atoms with van der Waals surface area (Å²) in [6.45, 7) is 4.45. The first-order chi connectivity index (χ1) is 5.70. The monoisotopic (exact) mass is 164 g/mol. The van der Waals surface area contributed by atoms with Crippen molar-refractivity contribution in [3.63, 3.8) is 0 Å². The summed E-state index contributed by atoms with van der Waals surface area (Å²) in [5, 5.41) is 0. The number of rotatable bonds is 0. The van der Waals surface area contributed by atoms with E-state index < -0.39 is 0 Å². The van der Waals surface area contributed by atoms with Crippen LogP contribution in [0.2, 0.25) is 0 Å². The number of carbonyl (C=O) groups is 1. The Labute approximate surface area is 73.8 Å². The highest BCUT2D eigenvalue weighted by Crippen LogP contribution is 2.44. The molecule has 1 heteroatoms. The molecular formula is C11H16O. The molecule has 0 saturated heterocycles. The maximum atomic E-state index is 11.5. The van der Waals surface area contributed by atoms with Crippen molar-refractivity contribution in [2.24, 2.45) is 23.7 Å². The summed E-state index contributed by atoms with van der Waals surface area (Å²) < 4.78 is 0. The SMILES string of the molecule is C[C@H]1C=CC(=O)[C@H]2[C@@H]1CC[C@@H]2C. The van der Waals surface area contributed by atoms with Crippen LogP contribution < -0.4 is 0 Å². The lowest BCUT2D eigenvalue weighted by Gasteiger charge is -2.27. The summed E-state index contributed by atoms with van der Waals surface area (Å²) in [4.78, 5) is 11.5. The van der Waals surface area contributed by atoms with Gasteiger partial charge >= 0.3 is 0 Å². The van der Waals surface area contributed by atoms with E-state index in [4.69, 9.17) is 0 Å². The van der Waals surface area contributed by atoms with Crippen molar-refractivity contribution in [3.8, 4) is 0 Å². The number of hydrogen-bond acceptors (Lipinski definition) is 1. The van der Waals surface area contributed by atoms with Crippen LogP contribution in [-0.4, -0.2) is 5.78 Å². The Kier molecular flexibility index (Phi) is 1.82. The molecule has 1 saturated carbocycles. The first kappa shape index (κ1) is 8.03. The molecule has 0 aromatic carbocycles. The average molecular weight is 164 g/mol. The smallest absolute Gasteiger partial charge is 0.159 e. The standard InChI is InChI=1S/C11H16O/c1-7-4-6-10(12)11-8(2)3-5-9(7)11/h4,6-9,11H,3,5H2,1-2H3/t7-,8-,9+,11+/m0/s1. The Morgan fingerprint density at radius 3 is 2.75 bits per heavy atom. The van der Waals surface area contributed by atoms with Gasteiger partial charge in [-0.1, -0.05) is 19.9 Å². The average Bonchev–Trinajstić information content (AvgIpc) is 2.42. The number of fused-ring (bicyclic) bond motifs is 1. The first-order valence-corrected chi connectivity index (χ1v) is 4.92. The third-order valence-electron chi connectivity index (χ3n) is 3.60. The van der Waals surface area contributed by atoms with E-state index in [2.05, 4.69) is 19.9 Å². The molecule has 0 aliphatic heterocycles. The van der Waals surface area contributed by atoms with Gasteiger partial charge in [0.15, 0.2) is 5.78 Å². The van der Waals surface area contributed by atoms with Crippen molar-refractivity contribution in [2.75, 3.05) is 0 Å². The van der Waals surface area contributed by atoms with Gasteiger partial charge in [0, 0.05) is 5.92 Å². The zero-order chi connectivity index (χ0) is 8.72. The fraction of sp³-hybridized carbons (Fsp3) is 0.727. The highest BCUT2D eigenvalue weighted by molar-refractivity contribution is 5.93. The molecule has 0 bridgehead atoms. The van der Waals surface area contributed by atoms with Gasteiger partial charge in [0.1, 0.15) is 0 Å². The van der Waals surface area contributed by atoms with E-state index in [-0.39, 0.29) is 0 Å². The molecule has 4 atom stereocenters. The maximum Gasteiger partial charge on any atom is 0.159 e. The van der Waals surface area contributed by atoms with Crippen molar-refractivity contribution in [1.82, 2.24) is 0 Å². The van der Waals surface area contributed by atoms with E-state index >= 15 is 0 Å². The van der Waals surface area contributed by atoms with Crippen molar-refractivity contribution in [1.29, 1.82) is 0 Å². The molecule has 1 nitrogen and oxygen atoms in total. The van der Waals surface area contributed by atoms with E-state index in [0.717, 1.165) is 0 Å². The first-order valence-electron chi connectivity index (χ1n) is 4.92. The largest absolute Gasteiger partial charge is 0.295 e. The molecular weight excluding hydrogens is 148 g/mol. The Hall–Kier alpha value is -0.590. The molecule has 0 aromatic rings. The molecule has 1 fully saturated rings. The number of ketones is 1. The highest BCUT2D eigenvalue weighted by Gasteiger charge is 2.41. The lowest BCUT2D eigenvalue weighted by molar-refractivity contribution is -0.121. The summed E-state index contributed by atoms with van der Waals surface area (Å²) in [5.74, 6) is 2.62. The van der Waals surface area contributed by atoms with Crippen LogP contribution in [0.15, 0.2) is 12.2 Å². The molecule has 2 rings (SSSR count). The topological polar surface area (TPSA) is 17.1 Å². The van der Waals surface area contributed by atoms with Crippen LogP contribution in [0.3, 0.4) is 0 Å². The maximum absolute atomic E-state index is 11.5. The third-order valence-corrected chi connectivity index (χ3v) is 3.60. The van der Waals surface area contributed by atoms with Crippen molar-refractivity contribution in [3.05, 3.63) is 12.2 Å². The Morgan fingerprint density at radius 1 is 1.33 bits per heavy atom. The third kappa shape index (κ3) is 1.03. The second-order valence-corrected chi connectivity index (χ2v) is 4.36. The van der Waals surface area contributed by atoms with Crippen molar-refractivity contribution >= 4 is 5.78 Å². The Bertz CT molecular complexity index is 229. The van der Waals surface area contributed by atoms with Gasteiger partial charge < -0.3 is 0 Å². The van der Waals surface area contributed by atoms with Gasteiger partial charge in [-0.25, -0.2) is 0 Å². The quantitative estimate of drug-likeness (QED) is 0.537. The van der Waals surface area contributed by atoms with Gasteiger partial charge in [0.05, 0.1) is 0 Å². The Balaban J connectivity index is 2.28. The molecule has 0 radical (unpaired) electrons. The summed E-state index contributed by atoms with van der Waals surface area (Å²) >= 11 is 0. The molecule has 0 amide bonds. The van der Waals surface area contributed by atoms with Gasteiger partial charge in [0.25, 0.3) is 0 Å². The second-order valence-electron chi connectivity index (χ2n) is 4.36. The zero-order valence-corrected chi connectivity index (χ0v) is 7.79. The number of hydrogen-bond donors (Lipinski definition) is 0. The van der Waals surface area contributed by atoms with Crippen LogP contribution in [0.4, 0.5) is 0 Å². The number of carbonyl (C=O) groups excluding carboxylic acids is 1. The molecule has 2 aliphatic rings. The minimum atomic E-state index is 0.352. The summed E-state index contributed by atoms with van der Waals surface area (Å²) in [6, 6.07) is 0. The van der Waals surface area contributed by atoms with Crippen LogP contribution in [0.25, 0.3) is 0 Å². The van der Waals surface area contributed by atoms with Crippen molar-refractivity contribution < 1.29 is 4.79 Å².